The van der Waals surface area contributed by atoms with Crippen LogP contribution in [0.1, 0.15) is 27.8 Å². The molecule has 0 bridgehead atoms. The molecule has 3 aromatic rings. The number of carbonyl (C=O) groups excluding carboxylic acids is 1. The standard InChI is InChI=1S/C21H17FN4O4/c1-30-15-7-4-13(5-8-15)12-25-20(19-16(21(25)27)3-2-10-23-19)24-18-11-14(26(28)29)6-9-17(18)22/h2-11,20,24H,12H2,1H3/t20-/m1/s1. The van der Waals surface area contributed by atoms with Crippen molar-refractivity contribution in [3.05, 3.63) is 93.5 Å². The molecule has 1 aromatic heterocycles. The molecule has 4 rings (SSSR count). The second-order valence-electron chi connectivity index (χ2n) is 6.69. The Morgan fingerprint density at radius 1 is 1.23 bits per heavy atom. The van der Waals surface area contributed by atoms with E-state index in [1.165, 1.54) is 4.90 Å². The zero-order chi connectivity index (χ0) is 21.3. The number of benzene rings is 2. The van der Waals surface area contributed by atoms with Gasteiger partial charge in [0.25, 0.3) is 11.6 Å². The molecular formula is C21H17FN4O4. The number of pyridine rings is 1. The van der Waals surface area contributed by atoms with Crippen LogP contribution in [0.5, 0.6) is 5.75 Å². The van der Waals surface area contributed by atoms with Crippen molar-refractivity contribution in [2.24, 2.45) is 0 Å². The molecule has 0 spiro atoms. The third-order valence-corrected chi connectivity index (χ3v) is 4.87. The van der Waals surface area contributed by atoms with Gasteiger partial charge in [-0.15, -0.1) is 0 Å². The van der Waals surface area contributed by atoms with E-state index in [2.05, 4.69) is 10.3 Å². The Kier molecular flexibility index (Phi) is 5.01. The van der Waals surface area contributed by atoms with Gasteiger partial charge < -0.3 is 15.0 Å². The summed E-state index contributed by atoms with van der Waals surface area (Å²) in [6, 6.07) is 13.7. The number of amides is 1. The first-order valence-electron chi connectivity index (χ1n) is 9.07. The number of hydrogen-bond acceptors (Lipinski definition) is 6. The van der Waals surface area contributed by atoms with Crippen LogP contribution in [0.4, 0.5) is 15.8 Å². The minimum absolute atomic E-state index is 0.0831. The fourth-order valence-electron chi connectivity index (χ4n) is 3.36. The number of carbonyl (C=O) groups is 1. The van der Waals surface area contributed by atoms with Crippen LogP contribution in [-0.4, -0.2) is 27.8 Å². The number of methoxy groups -OCH3 is 1. The van der Waals surface area contributed by atoms with E-state index in [4.69, 9.17) is 4.74 Å². The average molecular weight is 408 g/mol. The summed E-state index contributed by atoms with van der Waals surface area (Å²) in [7, 11) is 1.56. The van der Waals surface area contributed by atoms with Gasteiger partial charge in [-0.05, 0) is 35.9 Å². The Morgan fingerprint density at radius 2 is 2.00 bits per heavy atom. The van der Waals surface area contributed by atoms with E-state index < -0.39 is 16.9 Å². The summed E-state index contributed by atoms with van der Waals surface area (Å²) in [5, 5.41) is 14.0. The van der Waals surface area contributed by atoms with Crippen molar-refractivity contribution >= 4 is 17.3 Å². The summed E-state index contributed by atoms with van der Waals surface area (Å²) in [4.78, 5) is 29.3. The molecule has 0 saturated carbocycles. The van der Waals surface area contributed by atoms with Gasteiger partial charge in [-0.2, -0.15) is 0 Å². The SMILES string of the molecule is COc1ccc(CN2C(=O)c3cccnc3[C@@H]2Nc2cc([N+](=O)[O-])ccc2F)cc1. The fraction of sp³-hybridized carbons (Fsp3) is 0.143. The number of anilines is 1. The number of nitrogens with zero attached hydrogens (tertiary/aromatic N) is 3. The number of halogens is 1. The smallest absolute Gasteiger partial charge is 0.271 e. The highest BCUT2D eigenvalue weighted by atomic mass is 19.1. The molecule has 8 nitrogen and oxygen atoms in total. The van der Waals surface area contributed by atoms with Crippen molar-refractivity contribution in [2.45, 2.75) is 12.7 Å². The molecule has 1 aliphatic heterocycles. The first kappa shape index (κ1) is 19.3. The molecule has 1 amide bonds. The molecular weight excluding hydrogens is 391 g/mol. The number of fused-ring (bicyclic) bond motifs is 1. The minimum atomic E-state index is -0.785. The molecule has 0 saturated heterocycles. The predicted octanol–water partition coefficient (Wildman–Crippen LogP) is 3.90. The summed E-state index contributed by atoms with van der Waals surface area (Å²) < 4.78 is 19.5. The predicted molar refractivity (Wildman–Crippen MR) is 107 cm³/mol. The monoisotopic (exact) mass is 408 g/mol. The zero-order valence-corrected chi connectivity index (χ0v) is 15.9. The Balaban J connectivity index is 1.69. The Labute approximate surface area is 171 Å². The lowest BCUT2D eigenvalue weighted by Crippen LogP contribution is -2.32. The van der Waals surface area contributed by atoms with Crippen molar-refractivity contribution in [2.75, 3.05) is 12.4 Å². The highest BCUT2D eigenvalue weighted by molar-refractivity contribution is 5.98. The van der Waals surface area contributed by atoms with Crippen molar-refractivity contribution in [1.82, 2.24) is 9.88 Å². The van der Waals surface area contributed by atoms with Gasteiger partial charge in [-0.25, -0.2) is 4.39 Å². The van der Waals surface area contributed by atoms with E-state index in [0.717, 1.165) is 23.8 Å². The Bertz CT molecular complexity index is 1120. The van der Waals surface area contributed by atoms with Gasteiger partial charge in [0.15, 0.2) is 0 Å². The third-order valence-electron chi connectivity index (χ3n) is 4.87. The fourth-order valence-corrected chi connectivity index (χ4v) is 3.36. The third kappa shape index (κ3) is 3.52. The number of aromatic nitrogens is 1. The van der Waals surface area contributed by atoms with Crippen LogP contribution in [0.2, 0.25) is 0 Å². The topological polar surface area (TPSA) is 97.6 Å². The van der Waals surface area contributed by atoms with Gasteiger partial charge in [0, 0.05) is 24.9 Å². The summed E-state index contributed by atoms with van der Waals surface area (Å²) in [6.07, 6.45) is 0.758. The molecule has 0 fully saturated rings. The van der Waals surface area contributed by atoms with Gasteiger partial charge in [0.2, 0.25) is 0 Å². The summed E-state index contributed by atoms with van der Waals surface area (Å²) >= 11 is 0. The first-order valence-corrected chi connectivity index (χ1v) is 9.07. The number of nitro groups is 1. The lowest BCUT2D eigenvalue weighted by molar-refractivity contribution is -0.384. The number of non-ortho nitro benzene ring substituents is 1. The molecule has 1 aliphatic rings. The van der Waals surface area contributed by atoms with E-state index in [1.807, 2.05) is 12.1 Å². The number of rotatable bonds is 6. The highest BCUT2D eigenvalue weighted by Gasteiger charge is 2.38. The molecule has 30 heavy (non-hydrogen) atoms. The van der Waals surface area contributed by atoms with Crippen molar-refractivity contribution in [1.29, 1.82) is 0 Å². The lowest BCUT2D eigenvalue weighted by atomic mass is 10.2. The molecule has 0 aliphatic carbocycles. The minimum Gasteiger partial charge on any atom is -0.497 e. The van der Waals surface area contributed by atoms with Crippen LogP contribution in [0.15, 0.2) is 60.8 Å². The first-order chi connectivity index (χ1) is 14.5. The van der Waals surface area contributed by atoms with Crippen LogP contribution < -0.4 is 10.1 Å². The van der Waals surface area contributed by atoms with E-state index in [-0.39, 0.29) is 23.8 Å². The summed E-state index contributed by atoms with van der Waals surface area (Å²) in [6.45, 7) is 0.230. The second kappa shape index (κ2) is 7.78. The number of nitrogens with one attached hydrogen (secondary N) is 1. The van der Waals surface area contributed by atoms with Gasteiger partial charge in [-0.3, -0.25) is 19.9 Å². The lowest BCUT2D eigenvalue weighted by Gasteiger charge is -2.26. The average Bonchev–Trinajstić information content (AvgIpc) is 3.01. The number of ether oxygens (including phenoxy) is 1. The van der Waals surface area contributed by atoms with E-state index in [1.54, 1.807) is 37.6 Å². The summed E-state index contributed by atoms with van der Waals surface area (Å²) in [5.74, 6) is -0.246. The van der Waals surface area contributed by atoms with Gasteiger partial charge >= 0.3 is 0 Å². The Morgan fingerprint density at radius 3 is 2.70 bits per heavy atom. The second-order valence-corrected chi connectivity index (χ2v) is 6.69. The van der Waals surface area contributed by atoms with Crippen LogP contribution in [0.3, 0.4) is 0 Å². The molecule has 2 heterocycles. The van der Waals surface area contributed by atoms with E-state index >= 15 is 0 Å². The van der Waals surface area contributed by atoms with Crippen molar-refractivity contribution in [3.63, 3.8) is 0 Å². The molecule has 0 radical (unpaired) electrons. The highest BCUT2D eigenvalue weighted by Crippen LogP contribution is 2.35. The van der Waals surface area contributed by atoms with E-state index in [0.29, 0.717) is 17.0 Å². The number of hydrogen-bond donors (Lipinski definition) is 1. The van der Waals surface area contributed by atoms with E-state index in [9.17, 15) is 19.3 Å². The van der Waals surface area contributed by atoms with Crippen LogP contribution in [0.25, 0.3) is 0 Å². The van der Waals surface area contributed by atoms with Gasteiger partial charge in [0.05, 0.1) is 29.0 Å². The maximum absolute atomic E-state index is 14.4. The summed E-state index contributed by atoms with van der Waals surface area (Å²) in [5.41, 5.74) is 1.32. The molecule has 0 unspecified atom stereocenters. The number of nitro benzene ring substituents is 1. The van der Waals surface area contributed by atoms with Crippen molar-refractivity contribution in [3.8, 4) is 5.75 Å². The zero-order valence-electron chi connectivity index (χ0n) is 15.9. The van der Waals surface area contributed by atoms with Crippen LogP contribution in [0, 0.1) is 15.9 Å². The quantitative estimate of drug-likeness (QED) is 0.491. The van der Waals surface area contributed by atoms with Gasteiger partial charge in [0.1, 0.15) is 17.7 Å². The van der Waals surface area contributed by atoms with Crippen LogP contribution >= 0.6 is 0 Å². The molecule has 1 N–H and O–H groups in total. The van der Waals surface area contributed by atoms with Gasteiger partial charge in [-0.1, -0.05) is 12.1 Å². The molecule has 152 valence electrons. The Hall–Kier alpha value is -4.01. The molecule has 9 heteroatoms. The maximum Gasteiger partial charge on any atom is 0.271 e. The molecule has 2 aromatic carbocycles. The van der Waals surface area contributed by atoms with Crippen molar-refractivity contribution < 1.29 is 18.8 Å². The molecule has 1 atom stereocenters. The largest absolute Gasteiger partial charge is 0.497 e. The van der Waals surface area contributed by atoms with Crippen LogP contribution in [-0.2, 0) is 6.54 Å². The maximum atomic E-state index is 14.4. The normalized spacial score (nSPS) is 15.1.